The zero-order chi connectivity index (χ0) is 11.9. The minimum Gasteiger partial charge on any atom is -0.348 e. The van der Waals surface area contributed by atoms with E-state index in [0.717, 1.165) is 0 Å². The summed E-state index contributed by atoms with van der Waals surface area (Å²) >= 11 is 0. The van der Waals surface area contributed by atoms with Gasteiger partial charge in [-0.2, -0.15) is 0 Å². The molecule has 1 unspecified atom stereocenters. The predicted molar refractivity (Wildman–Crippen MR) is 54.6 cm³/mol. The van der Waals surface area contributed by atoms with Gasteiger partial charge in [-0.15, -0.1) is 0 Å². The Morgan fingerprint density at radius 1 is 1.44 bits per heavy atom. The van der Waals surface area contributed by atoms with E-state index in [4.69, 9.17) is 9.47 Å². The van der Waals surface area contributed by atoms with Crippen LogP contribution in [0.15, 0.2) is 0 Å². The van der Waals surface area contributed by atoms with Gasteiger partial charge in [-0.1, -0.05) is 0 Å². The van der Waals surface area contributed by atoms with Gasteiger partial charge in [-0.25, -0.2) is 4.79 Å². The van der Waals surface area contributed by atoms with Crippen LogP contribution in [-0.2, 0) is 14.3 Å². The Labute approximate surface area is 94.1 Å². The number of amides is 3. The van der Waals surface area contributed by atoms with Crippen LogP contribution in [0.5, 0.6) is 0 Å². The number of carbonyl (C=O) groups excluding carboxylic acids is 2. The molecule has 2 aliphatic heterocycles. The van der Waals surface area contributed by atoms with Crippen molar-refractivity contribution < 1.29 is 19.1 Å². The third-order valence-electron chi connectivity index (χ3n) is 2.68. The molecule has 0 aromatic heterocycles. The molecule has 2 heterocycles. The predicted octanol–water partition coefficient (Wildman–Crippen LogP) is 0.0319. The van der Waals surface area contributed by atoms with E-state index in [1.807, 2.05) is 13.8 Å². The van der Waals surface area contributed by atoms with Gasteiger partial charge in [0.2, 0.25) is 5.91 Å². The molecule has 6 heteroatoms. The van der Waals surface area contributed by atoms with Gasteiger partial charge >= 0.3 is 6.03 Å². The van der Waals surface area contributed by atoms with Crippen LogP contribution >= 0.6 is 0 Å². The van der Waals surface area contributed by atoms with Gasteiger partial charge in [0.05, 0.1) is 13.2 Å². The third kappa shape index (κ3) is 2.03. The average molecular weight is 228 g/mol. The summed E-state index contributed by atoms with van der Waals surface area (Å²) in [5.74, 6) is -0.802. The molecule has 3 amide bonds. The van der Waals surface area contributed by atoms with Crippen LogP contribution in [0.1, 0.15) is 13.8 Å². The molecule has 0 N–H and O–H groups in total. The lowest BCUT2D eigenvalue weighted by Gasteiger charge is -2.20. The highest BCUT2D eigenvalue weighted by atomic mass is 16.7. The van der Waals surface area contributed by atoms with Crippen LogP contribution in [0, 0.1) is 0 Å². The Morgan fingerprint density at radius 2 is 2.12 bits per heavy atom. The summed E-state index contributed by atoms with van der Waals surface area (Å²) in [7, 11) is 1.61. The van der Waals surface area contributed by atoms with Crippen molar-refractivity contribution in [1.82, 2.24) is 9.80 Å². The Morgan fingerprint density at radius 3 is 2.56 bits per heavy atom. The van der Waals surface area contributed by atoms with Crippen molar-refractivity contribution in [1.29, 1.82) is 0 Å². The standard InChI is InChI=1S/C10H16N2O4/c1-10(2)15-6-7(16-10)4-12-8(13)5-11(3)9(12)14/h7H,4-6H2,1-3H3. The maximum atomic E-state index is 11.6. The highest BCUT2D eigenvalue weighted by Gasteiger charge is 2.39. The van der Waals surface area contributed by atoms with Gasteiger partial charge in [0, 0.05) is 7.05 Å². The Balaban J connectivity index is 1.96. The van der Waals surface area contributed by atoms with Crippen molar-refractivity contribution in [2.75, 3.05) is 26.7 Å². The quantitative estimate of drug-likeness (QED) is 0.626. The molecule has 0 aromatic rings. The fourth-order valence-corrected chi connectivity index (χ4v) is 1.91. The van der Waals surface area contributed by atoms with E-state index in [-0.39, 0.29) is 31.1 Å². The number of imide groups is 1. The Hall–Kier alpha value is -1.14. The summed E-state index contributed by atoms with van der Waals surface area (Å²) in [4.78, 5) is 25.7. The van der Waals surface area contributed by atoms with Crippen molar-refractivity contribution >= 4 is 11.9 Å². The smallest absolute Gasteiger partial charge is 0.327 e. The molecule has 16 heavy (non-hydrogen) atoms. The molecule has 1 atom stereocenters. The van der Waals surface area contributed by atoms with Crippen LogP contribution in [0.25, 0.3) is 0 Å². The highest BCUT2D eigenvalue weighted by Crippen LogP contribution is 2.23. The minimum absolute atomic E-state index is 0.149. The first kappa shape index (κ1) is 11.3. The Bertz CT molecular complexity index is 329. The molecule has 2 fully saturated rings. The second-order valence-corrected chi connectivity index (χ2v) is 4.59. The number of likely N-dealkylation sites (N-methyl/N-ethyl adjacent to an activating group) is 1. The fraction of sp³-hybridized carbons (Fsp3) is 0.800. The molecule has 90 valence electrons. The van der Waals surface area contributed by atoms with Crippen LogP contribution in [0.4, 0.5) is 4.79 Å². The minimum atomic E-state index is -0.623. The van der Waals surface area contributed by atoms with Gasteiger partial charge < -0.3 is 14.4 Å². The van der Waals surface area contributed by atoms with Gasteiger partial charge in [-0.05, 0) is 13.8 Å². The van der Waals surface area contributed by atoms with Gasteiger partial charge in [0.15, 0.2) is 5.79 Å². The normalized spacial score (nSPS) is 29.3. The molecule has 0 spiro atoms. The van der Waals surface area contributed by atoms with Crippen molar-refractivity contribution in [3.05, 3.63) is 0 Å². The summed E-state index contributed by atoms with van der Waals surface area (Å²) < 4.78 is 10.9. The first-order valence-corrected chi connectivity index (χ1v) is 5.26. The van der Waals surface area contributed by atoms with Crippen LogP contribution in [0.3, 0.4) is 0 Å². The van der Waals surface area contributed by atoms with Crippen LogP contribution < -0.4 is 0 Å². The van der Waals surface area contributed by atoms with Crippen molar-refractivity contribution in [2.45, 2.75) is 25.7 Å². The van der Waals surface area contributed by atoms with Gasteiger partial charge in [0.25, 0.3) is 0 Å². The number of hydrogen-bond acceptors (Lipinski definition) is 4. The summed E-state index contributed by atoms with van der Waals surface area (Å²) in [6.07, 6.45) is -0.227. The molecule has 0 bridgehead atoms. The van der Waals surface area contributed by atoms with E-state index in [1.54, 1.807) is 7.05 Å². The molecule has 2 rings (SSSR count). The SMILES string of the molecule is CN1CC(=O)N(CC2COC(C)(C)O2)C1=O. The van der Waals surface area contributed by atoms with E-state index >= 15 is 0 Å². The first-order chi connectivity index (χ1) is 7.39. The molecular weight excluding hydrogens is 212 g/mol. The lowest BCUT2D eigenvalue weighted by Crippen LogP contribution is -2.39. The molecule has 2 saturated heterocycles. The van der Waals surface area contributed by atoms with Crippen LogP contribution in [-0.4, -0.2) is 60.4 Å². The number of ether oxygens (including phenoxy) is 2. The average Bonchev–Trinajstić information content (AvgIpc) is 2.62. The Kier molecular flexibility index (Phi) is 2.63. The zero-order valence-electron chi connectivity index (χ0n) is 9.73. The molecule has 6 nitrogen and oxygen atoms in total. The number of nitrogens with zero attached hydrogens (tertiary/aromatic N) is 2. The first-order valence-electron chi connectivity index (χ1n) is 5.26. The van der Waals surface area contributed by atoms with Gasteiger partial charge in [0.1, 0.15) is 12.6 Å². The van der Waals surface area contributed by atoms with Crippen molar-refractivity contribution in [3.8, 4) is 0 Å². The van der Waals surface area contributed by atoms with Crippen molar-refractivity contribution in [3.63, 3.8) is 0 Å². The van der Waals surface area contributed by atoms with Crippen molar-refractivity contribution in [2.24, 2.45) is 0 Å². The molecule has 0 saturated carbocycles. The monoisotopic (exact) mass is 228 g/mol. The summed E-state index contributed by atoms with van der Waals surface area (Å²) in [6.45, 7) is 4.45. The van der Waals surface area contributed by atoms with E-state index in [2.05, 4.69) is 0 Å². The van der Waals surface area contributed by atoms with E-state index in [0.29, 0.717) is 6.61 Å². The topological polar surface area (TPSA) is 59.1 Å². The summed E-state index contributed by atoms with van der Waals surface area (Å²) in [5.41, 5.74) is 0. The molecule has 0 aromatic carbocycles. The summed E-state index contributed by atoms with van der Waals surface area (Å²) in [5, 5.41) is 0. The second-order valence-electron chi connectivity index (χ2n) is 4.59. The van der Waals surface area contributed by atoms with E-state index in [1.165, 1.54) is 9.80 Å². The number of carbonyl (C=O) groups is 2. The second kappa shape index (κ2) is 3.71. The zero-order valence-corrected chi connectivity index (χ0v) is 9.73. The number of rotatable bonds is 2. The molecule has 0 aliphatic carbocycles. The fourth-order valence-electron chi connectivity index (χ4n) is 1.91. The largest absolute Gasteiger partial charge is 0.348 e. The lowest BCUT2D eigenvalue weighted by atomic mass is 10.3. The maximum absolute atomic E-state index is 11.6. The number of urea groups is 1. The molecule has 0 radical (unpaired) electrons. The highest BCUT2D eigenvalue weighted by molar-refractivity contribution is 6.01. The van der Waals surface area contributed by atoms with E-state index in [9.17, 15) is 9.59 Å². The molecule has 2 aliphatic rings. The maximum Gasteiger partial charge on any atom is 0.327 e. The summed E-state index contributed by atoms with van der Waals surface area (Å²) in [6, 6.07) is -0.265. The lowest BCUT2D eigenvalue weighted by molar-refractivity contribution is -0.142. The van der Waals surface area contributed by atoms with Crippen LogP contribution in [0.2, 0.25) is 0 Å². The third-order valence-corrected chi connectivity index (χ3v) is 2.68. The molecular formula is C10H16N2O4. The van der Waals surface area contributed by atoms with E-state index < -0.39 is 5.79 Å². The van der Waals surface area contributed by atoms with Gasteiger partial charge in [-0.3, -0.25) is 9.69 Å². The number of hydrogen-bond donors (Lipinski definition) is 0.